The van der Waals surface area contributed by atoms with Gasteiger partial charge in [0.1, 0.15) is 12.7 Å². The van der Waals surface area contributed by atoms with Crippen molar-refractivity contribution >= 4 is 23.6 Å². The summed E-state index contributed by atoms with van der Waals surface area (Å²) in [5.41, 5.74) is 2.70. The predicted octanol–water partition coefficient (Wildman–Crippen LogP) is 3.88. The van der Waals surface area contributed by atoms with Gasteiger partial charge in [-0.15, -0.1) is 0 Å². The quantitative estimate of drug-likeness (QED) is 0.597. The minimum absolute atomic E-state index is 0.0997. The van der Waals surface area contributed by atoms with E-state index in [4.69, 9.17) is 21.1 Å². The highest BCUT2D eigenvalue weighted by atomic mass is 35.5. The van der Waals surface area contributed by atoms with Crippen LogP contribution in [0.15, 0.2) is 55.1 Å². The zero-order valence-electron chi connectivity index (χ0n) is 15.9. The van der Waals surface area contributed by atoms with Crippen LogP contribution < -0.4 is 9.47 Å². The number of fused-ring (bicyclic) bond motifs is 1. The molecule has 1 atom stereocenters. The Morgan fingerprint density at radius 2 is 2.07 bits per heavy atom. The summed E-state index contributed by atoms with van der Waals surface area (Å²) in [7, 11) is 1.77. The maximum atomic E-state index is 12.6. The fourth-order valence-electron chi connectivity index (χ4n) is 3.03. The van der Waals surface area contributed by atoms with E-state index in [1.165, 1.54) is 12.4 Å². The lowest BCUT2D eigenvalue weighted by atomic mass is 10.1. The SMILES string of the molecule is CC(c1ccc(-n2cncn2)cc1)N(C)C(=O)/C=C/c1cc(Cl)c2c(c1)OCO2. The zero-order valence-corrected chi connectivity index (χ0v) is 16.7. The second-order valence-electron chi connectivity index (χ2n) is 6.63. The maximum absolute atomic E-state index is 12.6. The number of ether oxygens (including phenoxy) is 2. The van der Waals surface area contributed by atoms with Crippen LogP contribution in [0.4, 0.5) is 0 Å². The first-order valence-electron chi connectivity index (χ1n) is 9.02. The van der Waals surface area contributed by atoms with E-state index in [0.29, 0.717) is 16.5 Å². The average Bonchev–Trinajstić information content (AvgIpc) is 3.43. The van der Waals surface area contributed by atoms with Gasteiger partial charge in [-0.2, -0.15) is 5.10 Å². The van der Waals surface area contributed by atoms with Crippen molar-refractivity contribution in [2.24, 2.45) is 0 Å². The van der Waals surface area contributed by atoms with Gasteiger partial charge in [0.15, 0.2) is 11.5 Å². The molecule has 148 valence electrons. The molecule has 0 radical (unpaired) electrons. The zero-order chi connectivity index (χ0) is 20.4. The van der Waals surface area contributed by atoms with Gasteiger partial charge in [-0.3, -0.25) is 4.79 Å². The molecule has 2 heterocycles. The minimum atomic E-state index is -0.119. The standard InChI is InChI=1S/C21H19ClN4O3/c1-14(16-4-6-17(7-5-16)26-12-23-11-24-26)25(2)20(27)8-3-15-9-18(22)21-19(10-15)28-13-29-21/h3-12,14H,13H2,1-2H3/b8-3+. The number of hydrogen-bond acceptors (Lipinski definition) is 5. The topological polar surface area (TPSA) is 69.5 Å². The number of rotatable bonds is 5. The van der Waals surface area contributed by atoms with Crippen molar-refractivity contribution in [2.75, 3.05) is 13.8 Å². The molecule has 0 saturated carbocycles. The van der Waals surface area contributed by atoms with Gasteiger partial charge in [0, 0.05) is 13.1 Å². The molecule has 0 aliphatic carbocycles. The maximum Gasteiger partial charge on any atom is 0.246 e. The highest BCUT2D eigenvalue weighted by Gasteiger charge is 2.18. The Kier molecular flexibility index (Phi) is 5.22. The van der Waals surface area contributed by atoms with Crippen molar-refractivity contribution < 1.29 is 14.3 Å². The number of carbonyl (C=O) groups excluding carboxylic acids is 1. The van der Waals surface area contributed by atoms with Crippen LogP contribution in [0.3, 0.4) is 0 Å². The molecule has 0 fully saturated rings. The summed E-state index contributed by atoms with van der Waals surface area (Å²) in [6.07, 6.45) is 6.37. The Labute approximate surface area is 173 Å². The van der Waals surface area contributed by atoms with Crippen LogP contribution in [-0.4, -0.2) is 39.4 Å². The van der Waals surface area contributed by atoms with Crippen molar-refractivity contribution in [2.45, 2.75) is 13.0 Å². The van der Waals surface area contributed by atoms with E-state index in [9.17, 15) is 4.79 Å². The summed E-state index contributed by atoms with van der Waals surface area (Å²) in [6.45, 7) is 2.13. The fourth-order valence-corrected chi connectivity index (χ4v) is 3.30. The second-order valence-corrected chi connectivity index (χ2v) is 7.03. The third-order valence-electron chi connectivity index (χ3n) is 4.86. The Morgan fingerprint density at radius 3 is 2.79 bits per heavy atom. The molecule has 2 aromatic carbocycles. The molecule has 4 rings (SSSR count). The lowest BCUT2D eigenvalue weighted by Gasteiger charge is -2.24. The first-order chi connectivity index (χ1) is 14.0. The van der Waals surface area contributed by atoms with E-state index in [0.717, 1.165) is 16.8 Å². The smallest absolute Gasteiger partial charge is 0.246 e. The molecule has 8 heteroatoms. The van der Waals surface area contributed by atoms with Gasteiger partial charge in [0.25, 0.3) is 0 Å². The van der Waals surface area contributed by atoms with Gasteiger partial charge in [-0.05, 0) is 48.4 Å². The third-order valence-corrected chi connectivity index (χ3v) is 5.14. The van der Waals surface area contributed by atoms with Crippen LogP contribution in [0.25, 0.3) is 11.8 Å². The number of hydrogen-bond donors (Lipinski definition) is 0. The van der Waals surface area contributed by atoms with E-state index >= 15 is 0 Å². The third kappa shape index (κ3) is 3.95. The number of likely N-dealkylation sites (N-methyl/N-ethyl adjacent to an activating group) is 1. The highest BCUT2D eigenvalue weighted by molar-refractivity contribution is 6.32. The van der Waals surface area contributed by atoms with Crippen molar-refractivity contribution in [3.05, 3.63) is 71.3 Å². The van der Waals surface area contributed by atoms with Gasteiger partial charge < -0.3 is 14.4 Å². The summed E-state index contributed by atoms with van der Waals surface area (Å²) in [6, 6.07) is 11.3. The van der Waals surface area contributed by atoms with Crippen molar-refractivity contribution in [1.29, 1.82) is 0 Å². The molecule has 0 N–H and O–H groups in total. The first-order valence-corrected chi connectivity index (χ1v) is 9.39. The molecule has 29 heavy (non-hydrogen) atoms. The second kappa shape index (κ2) is 7.97. The molecule has 1 aromatic heterocycles. The molecule has 0 bridgehead atoms. The fraction of sp³-hybridized carbons (Fsp3) is 0.190. The van der Waals surface area contributed by atoms with E-state index in [2.05, 4.69) is 10.1 Å². The summed E-state index contributed by atoms with van der Waals surface area (Å²) < 4.78 is 12.3. The van der Waals surface area contributed by atoms with Crippen LogP contribution in [-0.2, 0) is 4.79 Å². The molecule has 0 spiro atoms. The van der Waals surface area contributed by atoms with E-state index in [1.54, 1.807) is 41.2 Å². The summed E-state index contributed by atoms with van der Waals surface area (Å²) in [5.74, 6) is 1.00. The first kappa shape index (κ1) is 19.0. The van der Waals surface area contributed by atoms with E-state index < -0.39 is 0 Å². The lowest BCUT2D eigenvalue weighted by molar-refractivity contribution is -0.126. The largest absolute Gasteiger partial charge is 0.454 e. The highest BCUT2D eigenvalue weighted by Crippen LogP contribution is 2.40. The predicted molar refractivity (Wildman–Crippen MR) is 109 cm³/mol. The van der Waals surface area contributed by atoms with Crippen LogP contribution in [0.2, 0.25) is 5.02 Å². The van der Waals surface area contributed by atoms with E-state index in [-0.39, 0.29) is 18.7 Å². The Morgan fingerprint density at radius 1 is 1.28 bits per heavy atom. The molecule has 0 saturated heterocycles. The van der Waals surface area contributed by atoms with Gasteiger partial charge >= 0.3 is 0 Å². The summed E-state index contributed by atoms with van der Waals surface area (Å²) in [4.78, 5) is 18.3. The van der Waals surface area contributed by atoms with Crippen LogP contribution >= 0.6 is 11.6 Å². The molecule has 1 unspecified atom stereocenters. The molecular formula is C21H19ClN4O3. The summed E-state index contributed by atoms with van der Waals surface area (Å²) >= 11 is 6.19. The van der Waals surface area contributed by atoms with Crippen molar-refractivity contribution in [3.8, 4) is 17.2 Å². The van der Waals surface area contributed by atoms with Crippen LogP contribution in [0.1, 0.15) is 24.1 Å². The normalized spacial score (nSPS) is 13.6. The monoisotopic (exact) mass is 410 g/mol. The number of amides is 1. The number of carbonyl (C=O) groups is 1. The van der Waals surface area contributed by atoms with Gasteiger partial charge in [-0.25, -0.2) is 9.67 Å². The van der Waals surface area contributed by atoms with Crippen LogP contribution in [0, 0.1) is 0 Å². The molecule has 1 amide bonds. The number of benzene rings is 2. The Balaban J connectivity index is 1.44. The summed E-state index contributed by atoms with van der Waals surface area (Å²) in [5, 5.41) is 4.57. The van der Waals surface area contributed by atoms with Gasteiger partial charge in [-0.1, -0.05) is 23.7 Å². The van der Waals surface area contributed by atoms with Gasteiger partial charge in [0.2, 0.25) is 12.7 Å². The Hall–Kier alpha value is -3.32. The van der Waals surface area contributed by atoms with Gasteiger partial charge in [0.05, 0.1) is 16.8 Å². The molecular weight excluding hydrogens is 392 g/mol. The number of aromatic nitrogens is 3. The number of nitrogens with zero attached hydrogens (tertiary/aromatic N) is 4. The number of halogens is 1. The molecule has 3 aromatic rings. The molecule has 1 aliphatic heterocycles. The van der Waals surface area contributed by atoms with Crippen molar-refractivity contribution in [1.82, 2.24) is 19.7 Å². The average molecular weight is 411 g/mol. The Bertz CT molecular complexity index is 1050. The minimum Gasteiger partial charge on any atom is -0.454 e. The lowest BCUT2D eigenvalue weighted by Crippen LogP contribution is -2.27. The van der Waals surface area contributed by atoms with Crippen LogP contribution in [0.5, 0.6) is 11.5 Å². The molecule has 7 nitrogen and oxygen atoms in total. The van der Waals surface area contributed by atoms with E-state index in [1.807, 2.05) is 31.2 Å². The molecule has 1 aliphatic rings. The van der Waals surface area contributed by atoms with Crippen molar-refractivity contribution in [3.63, 3.8) is 0 Å².